The fourth-order valence-corrected chi connectivity index (χ4v) is 1.88. The summed E-state index contributed by atoms with van der Waals surface area (Å²) in [6.07, 6.45) is -0.245. The number of rotatable bonds is 6. The van der Waals surface area contributed by atoms with Crippen LogP contribution in [0.25, 0.3) is 0 Å². The second kappa shape index (κ2) is 6.89. The molecule has 1 unspecified atom stereocenters. The molecule has 0 bridgehead atoms. The number of methoxy groups -OCH3 is 1. The fraction of sp³-hybridized carbons (Fsp3) is 0.429. The Hall–Kier alpha value is -1.88. The van der Waals surface area contributed by atoms with Crippen LogP contribution >= 0.6 is 0 Å². The zero-order valence-electron chi connectivity index (χ0n) is 11.4. The summed E-state index contributed by atoms with van der Waals surface area (Å²) in [5.74, 6) is -2.04. The first-order chi connectivity index (χ1) is 8.95. The molecular weight excluding hydrogens is 246 g/mol. The number of para-hydroxylation sites is 1. The fourth-order valence-electron chi connectivity index (χ4n) is 1.88. The van der Waals surface area contributed by atoms with Crippen molar-refractivity contribution in [2.24, 2.45) is 5.92 Å². The molecule has 1 rings (SSSR count). The van der Waals surface area contributed by atoms with Crippen molar-refractivity contribution in [1.82, 2.24) is 0 Å². The Morgan fingerprint density at radius 3 is 2.37 bits per heavy atom. The Morgan fingerprint density at radius 2 is 1.89 bits per heavy atom. The lowest BCUT2D eigenvalue weighted by Gasteiger charge is -2.16. The molecule has 0 fully saturated rings. The summed E-state index contributed by atoms with van der Waals surface area (Å²) in [7, 11) is 1.45. The van der Waals surface area contributed by atoms with Crippen LogP contribution in [0.1, 0.15) is 17.5 Å². The van der Waals surface area contributed by atoms with Crippen molar-refractivity contribution in [1.29, 1.82) is 0 Å². The largest absolute Gasteiger partial charge is 0.481 e. The molecule has 0 aromatic heterocycles. The monoisotopic (exact) mass is 265 g/mol. The molecule has 0 radical (unpaired) electrons. The maximum Gasteiger partial charge on any atom is 0.304 e. The molecule has 2 N–H and O–H groups in total. The first kappa shape index (κ1) is 15.2. The van der Waals surface area contributed by atoms with Gasteiger partial charge in [0.1, 0.15) is 0 Å². The minimum absolute atomic E-state index is 0.0864. The molecule has 0 aliphatic heterocycles. The number of carbonyl (C=O) groups is 2. The summed E-state index contributed by atoms with van der Waals surface area (Å²) in [5.41, 5.74) is 2.62. The number of nitrogens with one attached hydrogen (secondary N) is 1. The standard InChI is InChI=1S/C14H19NO4/c1-9-5-4-6-10(2)13(9)15-14(18)11(8-19-3)7-12(16)17/h4-6,11H,7-8H2,1-3H3,(H,15,18)(H,16,17). The number of anilines is 1. The number of carboxylic acid groups (broad SMARTS) is 1. The molecule has 0 spiro atoms. The Labute approximate surface area is 112 Å². The van der Waals surface area contributed by atoms with Crippen molar-refractivity contribution in [2.45, 2.75) is 20.3 Å². The third-order valence-corrected chi connectivity index (χ3v) is 2.89. The van der Waals surface area contributed by atoms with Crippen molar-refractivity contribution < 1.29 is 19.4 Å². The van der Waals surface area contributed by atoms with E-state index in [1.54, 1.807) is 0 Å². The van der Waals surface area contributed by atoms with Gasteiger partial charge in [-0.1, -0.05) is 18.2 Å². The van der Waals surface area contributed by atoms with Crippen molar-refractivity contribution >= 4 is 17.6 Å². The molecule has 19 heavy (non-hydrogen) atoms. The van der Waals surface area contributed by atoms with Gasteiger partial charge in [-0.05, 0) is 25.0 Å². The topological polar surface area (TPSA) is 75.6 Å². The minimum Gasteiger partial charge on any atom is -0.481 e. The van der Waals surface area contributed by atoms with E-state index in [1.807, 2.05) is 32.0 Å². The lowest BCUT2D eigenvalue weighted by molar-refractivity contribution is -0.141. The molecule has 1 aromatic rings. The third-order valence-electron chi connectivity index (χ3n) is 2.89. The van der Waals surface area contributed by atoms with Crippen LogP contribution in [-0.2, 0) is 14.3 Å². The SMILES string of the molecule is COCC(CC(=O)O)C(=O)Nc1c(C)cccc1C. The number of aliphatic carboxylic acids is 1. The van der Waals surface area contributed by atoms with Gasteiger partial charge in [0.15, 0.2) is 0 Å². The second-order valence-electron chi connectivity index (χ2n) is 4.51. The Kier molecular flexibility index (Phi) is 5.51. The zero-order valence-corrected chi connectivity index (χ0v) is 11.4. The third kappa shape index (κ3) is 4.37. The molecule has 0 saturated carbocycles. The predicted octanol–water partition coefficient (Wildman–Crippen LogP) is 1.98. The van der Waals surface area contributed by atoms with E-state index in [2.05, 4.69) is 5.32 Å². The molecule has 1 atom stereocenters. The first-order valence-corrected chi connectivity index (χ1v) is 6.03. The number of ether oxygens (including phenoxy) is 1. The highest BCUT2D eigenvalue weighted by molar-refractivity contribution is 5.95. The maximum absolute atomic E-state index is 12.1. The van der Waals surface area contributed by atoms with Crippen LogP contribution in [0.5, 0.6) is 0 Å². The smallest absolute Gasteiger partial charge is 0.304 e. The summed E-state index contributed by atoms with van der Waals surface area (Å²) in [6, 6.07) is 5.69. The van der Waals surface area contributed by atoms with E-state index in [9.17, 15) is 9.59 Å². The van der Waals surface area contributed by atoms with E-state index in [0.29, 0.717) is 0 Å². The van der Waals surface area contributed by atoms with Crippen molar-refractivity contribution in [3.63, 3.8) is 0 Å². The normalized spacial score (nSPS) is 11.9. The molecule has 104 valence electrons. The van der Waals surface area contributed by atoms with E-state index < -0.39 is 11.9 Å². The van der Waals surface area contributed by atoms with Crippen LogP contribution in [-0.4, -0.2) is 30.7 Å². The summed E-state index contributed by atoms with van der Waals surface area (Å²) < 4.78 is 4.90. The number of amides is 1. The number of aryl methyl sites for hydroxylation is 2. The second-order valence-corrected chi connectivity index (χ2v) is 4.51. The summed E-state index contributed by atoms with van der Waals surface area (Å²) in [5, 5.41) is 11.6. The van der Waals surface area contributed by atoms with Crippen molar-refractivity contribution in [3.05, 3.63) is 29.3 Å². The molecule has 0 aliphatic carbocycles. The van der Waals surface area contributed by atoms with Gasteiger partial charge in [0.2, 0.25) is 5.91 Å². The Morgan fingerprint density at radius 1 is 1.32 bits per heavy atom. The quantitative estimate of drug-likeness (QED) is 0.824. The van der Waals surface area contributed by atoms with Gasteiger partial charge in [-0.15, -0.1) is 0 Å². The molecule has 5 nitrogen and oxygen atoms in total. The summed E-state index contributed by atoms with van der Waals surface area (Å²) in [6.45, 7) is 3.87. The molecule has 1 amide bonds. The van der Waals surface area contributed by atoms with Crippen LogP contribution in [0.3, 0.4) is 0 Å². The predicted molar refractivity (Wildman–Crippen MR) is 72.2 cm³/mol. The molecule has 0 heterocycles. The van der Waals surface area contributed by atoms with Crippen LogP contribution in [0, 0.1) is 19.8 Å². The van der Waals surface area contributed by atoms with Crippen LogP contribution < -0.4 is 5.32 Å². The highest BCUT2D eigenvalue weighted by Gasteiger charge is 2.22. The number of benzene rings is 1. The Bertz CT molecular complexity index is 450. The van der Waals surface area contributed by atoms with Gasteiger partial charge in [-0.3, -0.25) is 9.59 Å². The number of carbonyl (C=O) groups excluding carboxylic acids is 1. The van der Waals surface area contributed by atoms with Gasteiger partial charge >= 0.3 is 5.97 Å². The van der Waals surface area contributed by atoms with Crippen molar-refractivity contribution in [3.8, 4) is 0 Å². The molecule has 0 saturated heterocycles. The van der Waals surface area contributed by atoms with E-state index in [-0.39, 0.29) is 18.9 Å². The van der Waals surface area contributed by atoms with E-state index in [0.717, 1.165) is 16.8 Å². The number of hydrogen-bond donors (Lipinski definition) is 2. The minimum atomic E-state index is -1.02. The highest BCUT2D eigenvalue weighted by Crippen LogP contribution is 2.20. The number of hydrogen-bond acceptors (Lipinski definition) is 3. The summed E-state index contributed by atoms with van der Waals surface area (Å²) >= 11 is 0. The lowest BCUT2D eigenvalue weighted by atomic mass is 10.0. The average Bonchev–Trinajstić information content (AvgIpc) is 2.32. The zero-order chi connectivity index (χ0) is 14.4. The molecule has 5 heteroatoms. The lowest BCUT2D eigenvalue weighted by Crippen LogP contribution is -2.29. The van der Waals surface area contributed by atoms with Crippen LogP contribution in [0.4, 0.5) is 5.69 Å². The molecule has 0 aliphatic rings. The van der Waals surface area contributed by atoms with E-state index in [1.165, 1.54) is 7.11 Å². The van der Waals surface area contributed by atoms with E-state index >= 15 is 0 Å². The first-order valence-electron chi connectivity index (χ1n) is 6.03. The van der Waals surface area contributed by atoms with Gasteiger partial charge in [0.05, 0.1) is 18.9 Å². The van der Waals surface area contributed by atoms with Gasteiger partial charge in [-0.2, -0.15) is 0 Å². The average molecular weight is 265 g/mol. The van der Waals surface area contributed by atoms with Crippen LogP contribution in [0.2, 0.25) is 0 Å². The summed E-state index contributed by atoms with van der Waals surface area (Å²) in [4.78, 5) is 22.8. The van der Waals surface area contributed by atoms with Crippen molar-refractivity contribution in [2.75, 3.05) is 19.0 Å². The number of carboxylic acids is 1. The van der Waals surface area contributed by atoms with Gasteiger partial charge < -0.3 is 15.2 Å². The molecular formula is C14H19NO4. The van der Waals surface area contributed by atoms with Gasteiger partial charge in [0.25, 0.3) is 0 Å². The highest BCUT2D eigenvalue weighted by atomic mass is 16.5. The van der Waals surface area contributed by atoms with Crippen LogP contribution in [0.15, 0.2) is 18.2 Å². The maximum atomic E-state index is 12.1. The molecule has 1 aromatic carbocycles. The Balaban J connectivity index is 2.84. The van der Waals surface area contributed by atoms with E-state index in [4.69, 9.17) is 9.84 Å². The van der Waals surface area contributed by atoms with Gasteiger partial charge in [-0.25, -0.2) is 0 Å². The van der Waals surface area contributed by atoms with Gasteiger partial charge in [0, 0.05) is 12.8 Å².